The zero-order valence-corrected chi connectivity index (χ0v) is 12.8. The van der Waals surface area contributed by atoms with Crippen molar-refractivity contribution in [3.63, 3.8) is 0 Å². The molecule has 1 aromatic heterocycles. The number of carbonyl (C=O) groups excluding carboxylic acids is 1. The molecule has 0 radical (unpaired) electrons. The second-order valence-corrected chi connectivity index (χ2v) is 6.11. The average molecular weight is 290 g/mol. The molecule has 3 nitrogen and oxygen atoms in total. The van der Waals surface area contributed by atoms with Crippen molar-refractivity contribution in [1.29, 1.82) is 0 Å². The van der Waals surface area contributed by atoms with Gasteiger partial charge in [0.1, 0.15) is 4.88 Å². The molecule has 0 spiro atoms. The molecule has 108 valence electrons. The molecule has 2 N–H and O–H groups in total. The van der Waals surface area contributed by atoms with E-state index in [1.54, 1.807) is 0 Å². The lowest BCUT2D eigenvalue weighted by Crippen LogP contribution is -2.38. The fourth-order valence-electron chi connectivity index (χ4n) is 2.70. The molecule has 1 saturated heterocycles. The van der Waals surface area contributed by atoms with Crippen molar-refractivity contribution in [3.8, 4) is 11.8 Å². The highest BCUT2D eigenvalue weighted by molar-refractivity contribution is 7.12. The first-order valence-corrected chi connectivity index (χ1v) is 8.20. The summed E-state index contributed by atoms with van der Waals surface area (Å²) in [5.41, 5.74) is 6.21. The minimum Gasteiger partial charge on any atom is -0.338 e. The third-order valence-electron chi connectivity index (χ3n) is 3.78. The van der Waals surface area contributed by atoms with Gasteiger partial charge in [-0.1, -0.05) is 31.6 Å². The molecule has 2 rings (SSSR count). The van der Waals surface area contributed by atoms with Crippen LogP contribution >= 0.6 is 11.3 Å². The Labute approximate surface area is 125 Å². The van der Waals surface area contributed by atoms with Crippen LogP contribution in [0.3, 0.4) is 0 Å². The first-order chi connectivity index (χ1) is 9.76. The van der Waals surface area contributed by atoms with E-state index >= 15 is 0 Å². The van der Waals surface area contributed by atoms with E-state index in [0.29, 0.717) is 6.54 Å². The third-order valence-corrected chi connectivity index (χ3v) is 4.69. The van der Waals surface area contributed by atoms with Crippen LogP contribution in [0.15, 0.2) is 11.4 Å². The van der Waals surface area contributed by atoms with Gasteiger partial charge in [0, 0.05) is 18.7 Å². The second-order valence-electron chi connectivity index (χ2n) is 5.19. The maximum Gasteiger partial charge on any atom is 0.265 e. The van der Waals surface area contributed by atoms with E-state index in [4.69, 9.17) is 5.73 Å². The van der Waals surface area contributed by atoms with Crippen LogP contribution in [0.5, 0.6) is 0 Å². The third kappa shape index (κ3) is 3.62. The number of nitrogens with two attached hydrogens (primary N) is 1. The minimum absolute atomic E-state index is 0.135. The number of likely N-dealkylation sites (tertiary alicyclic amines) is 1. The Morgan fingerprint density at radius 2 is 2.25 bits per heavy atom. The van der Waals surface area contributed by atoms with Crippen LogP contribution in [0, 0.1) is 17.8 Å². The number of hydrogen-bond donors (Lipinski definition) is 1. The summed E-state index contributed by atoms with van der Waals surface area (Å²) in [6, 6.07) is 1.91. The van der Waals surface area contributed by atoms with Gasteiger partial charge < -0.3 is 10.6 Å². The molecule has 1 aliphatic rings. The summed E-state index contributed by atoms with van der Waals surface area (Å²) in [5, 5.41) is 1.93. The van der Waals surface area contributed by atoms with Gasteiger partial charge >= 0.3 is 0 Å². The Bertz CT molecular complexity index is 504. The molecule has 1 fully saturated rings. The largest absolute Gasteiger partial charge is 0.338 e. The molecule has 1 aliphatic heterocycles. The molecule has 4 heteroatoms. The SMILES string of the molecule is CCCC1CCN(C(=O)c2sccc2C#CCN)CC1. The van der Waals surface area contributed by atoms with Gasteiger partial charge in [-0.25, -0.2) is 0 Å². The lowest BCUT2D eigenvalue weighted by atomic mass is 9.92. The van der Waals surface area contributed by atoms with E-state index in [9.17, 15) is 4.79 Å². The summed E-state index contributed by atoms with van der Waals surface area (Å²) in [6.45, 7) is 4.31. The maximum absolute atomic E-state index is 12.5. The van der Waals surface area contributed by atoms with Crippen molar-refractivity contribution < 1.29 is 4.79 Å². The first kappa shape index (κ1) is 15.1. The smallest absolute Gasteiger partial charge is 0.265 e. The van der Waals surface area contributed by atoms with Gasteiger partial charge in [0.15, 0.2) is 0 Å². The molecule has 0 bridgehead atoms. The van der Waals surface area contributed by atoms with E-state index in [0.717, 1.165) is 42.3 Å². The topological polar surface area (TPSA) is 46.3 Å². The molecule has 0 atom stereocenters. The summed E-state index contributed by atoms with van der Waals surface area (Å²) in [5.74, 6) is 6.75. The average Bonchev–Trinajstić information content (AvgIpc) is 2.94. The zero-order chi connectivity index (χ0) is 14.4. The first-order valence-electron chi connectivity index (χ1n) is 7.32. The van der Waals surface area contributed by atoms with Gasteiger partial charge in [-0.3, -0.25) is 4.79 Å². The lowest BCUT2D eigenvalue weighted by molar-refractivity contribution is 0.0691. The Morgan fingerprint density at radius 1 is 1.50 bits per heavy atom. The van der Waals surface area contributed by atoms with E-state index < -0.39 is 0 Å². The minimum atomic E-state index is 0.135. The summed E-state index contributed by atoms with van der Waals surface area (Å²) < 4.78 is 0. The number of piperidine rings is 1. The molecule has 1 aromatic rings. The summed E-state index contributed by atoms with van der Waals surface area (Å²) >= 11 is 1.48. The van der Waals surface area contributed by atoms with Crippen molar-refractivity contribution in [2.45, 2.75) is 32.6 Å². The van der Waals surface area contributed by atoms with Gasteiger partial charge in [-0.15, -0.1) is 11.3 Å². The van der Waals surface area contributed by atoms with Crippen LogP contribution in [-0.2, 0) is 0 Å². The van der Waals surface area contributed by atoms with Gasteiger partial charge in [0.05, 0.1) is 6.54 Å². The number of amides is 1. The van der Waals surface area contributed by atoms with Crippen molar-refractivity contribution in [1.82, 2.24) is 4.90 Å². The Kier molecular flexibility index (Phi) is 5.63. The Hall–Kier alpha value is -1.31. The molecular formula is C16H22N2OS. The zero-order valence-electron chi connectivity index (χ0n) is 12.0. The predicted molar refractivity (Wildman–Crippen MR) is 83.8 cm³/mol. The maximum atomic E-state index is 12.5. The number of carbonyl (C=O) groups is 1. The molecule has 1 amide bonds. The molecule has 0 aliphatic carbocycles. The molecule has 0 unspecified atom stereocenters. The van der Waals surface area contributed by atoms with Crippen molar-refractivity contribution in [2.24, 2.45) is 11.7 Å². The fourth-order valence-corrected chi connectivity index (χ4v) is 3.51. The van der Waals surface area contributed by atoms with Crippen molar-refractivity contribution in [2.75, 3.05) is 19.6 Å². The monoisotopic (exact) mass is 290 g/mol. The Morgan fingerprint density at radius 3 is 2.90 bits per heavy atom. The van der Waals surface area contributed by atoms with Crippen molar-refractivity contribution in [3.05, 3.63) is 21.9 Å². The normalized spacial score (nSPS) is 15.8. The van der Waals surface area contributed by atoms with Crippen LogP contribution in [-0.4, -0.2) is 30.4 Å². The molecule has 0 aromatic carbocycles. The fraction of sp³-hybridized carbons (Fsp3) is 0.562. The van der Waals surface area contributed by atoms with Crippen LogP contribution in [0.25, 0.3) is 0 Å². The lowest BCUT2D eigenvalue weighted by Gasteiger charge is -2.31. The number of hydrogen-bond acceptors (Lipinski definition) is 3. The Balaban J connectivity index is 2.00. The summed E-state index contributed by atoms with van der Waals surface area (Å²) in [6.07, 6.45) is 4.79. The van der Waals surface area contributed by atoms with Crippen LogP contribution in [0.2, 0.25) is 0 Å². The standard InChI is InChI=1S/C16H22N2OS/c1-2-4-13-6-10-18(11-7-13)16(19)15-14(5-3-9-17)8-12-20-15/h8,12-13H,2,4,6-7,9-11,17H2,1H3. The second kappa shape index (κ2) is 7.47. The summed E-state index contributed by atoms with van der Waals surface area (Å²) in [7, 11) is 0. The molecule has 2 heterocycles. The van der Waals surface area contributed by atoms with Crippen molar-refractivity contribution >= 4 is 17.2 Å². The quantitative estimate of drug-likeness (QED) is 0.870. The van der Waals surface area contributed by atoms with Crippen LogP contribution in [0.1, 0.15) is 47.8 Å². The highest BCUT2D eigenvalue weighted by Gasteiger charge is 2.25. The summed E-state index contributed by atoms with van der Waals surface area (Å²) in [4.78, 5) is 15.3. The highest BCUT2D eigenvalue weighted by Crippen LogP contribution is 2.25. The number of thiophene rings is 1. The molecule has 20 heavy (non-hydrogen) atoms. The van der Waals surface area contributed by atoms with Gasteiger partial charge in [0.2, 0.25) is 0 Å². The van der Waals surface area contributed by atoms with Gasteiger partial charge in [0.25, 0.3) is 5.91 Å². The predicted octanol–water partition coefficient (Wildman–Crippen LogP) is 2.71. The number of nitrogens with zero attached hydrogens (tertiary/aromatic N) is 1. The number of rotatable bonds is 3. The van der Waals surface area contributed by atoms with Crippen LogP contribution < -0.4 is 5.73 Å². The molecule has 0 saturated carbocycles. The van der Waals surface area contributed by atoms with E-state index in [1.807, 2.05) is 16.3 Å². The van der Waals surface area contributed by atoms with E-state index in [2.05, 4.69) is 18.8 Å². The van der Waals surface area contributed by atoms with Crippen LogP contribution in [0.4, 0.5) is 0 Å². The highest BCUT2D eigenvalue weighted by atomic mass is 32.1. The van der Waals surface area contributed by atoms with Gasteiger partial charge in [-0.05, 0) is 30.2 Å². The van der Waals surface area contributed by atoms with E-state index in [1.165, 1.54) is 24.2 Å². The van der Waals surface area contributed by atoms with Gasteiger partial charge in [-0.2, -0.15) is 0 Å². The molecular weight excluding hydrogens is 268 g/mol. The van der Waals surface area contributed by atoms with E-state index in [-0.39, 0.29) is 5.91 Å².